The Balaban J connectivity index is 1.63. The van der Waals surface area contributed by atoms with E-state index in [0.717, 1.165) is 36.3 Å². The molecule has 6 nitrogen and oxygen atoms in total. The van der Waals surface area contributed by atoms with Crippen LogP contribution >= 0.6 is 11.3 Å². The summed E-state index contributed by atoms with van der Waals surface area (Å²) in [5.41, 5.74) is 0.597. The quantitative estimate of drug-likeness (QED) is 0.451. The van der Waals surface area contributed by atoms with E-state index in [-0.39, 0.29) is 22.2 Å². The Hall–Kier alpha value is -3.19. The smallest absolute Gasteiger partial charge is 0.347 e. The summed E-state index contributed by atoms with van der Waals surface area (Å²) in [6, 6.07) is 16.5. The third-order valence-corrected chi connectivity index (χ3v) is 6.92. The first kappa shape index (κ1) is 23.0. The molecule has 172 valence electrons. The van der Waals surface area contributed by atoms with Gasteiger partial charge in [0.05, 0.1) is 6.20 Å². The zero-order valence-corrected chi connectivity index (χ0v) is 19.8. The summed E-state index contributed by atoms with van der Waals surface area (Å²) in [6.45, 7) is 6.65. The van der Waals surface area contributed by atoms with E-state index in [1.807, 2.05) is 30.3 Å². The molecule has 0 bridgehead atoms. The SMILES string of the molecule is C[C@@H]1C[C@@H](N(C(=O)c2ccc(Oc3ccccc3)cc2)c2ncc(C(=O)O)s2)CC(C)(C)C1. The van der Waals surface area contributed by atoms with Crippen molar-refractivity contribution >= 4 is 28.3 Å². The van der Waals surface area contributed by atoms with Crippen molar-refractivity contribution in [1.29, 1.82) is 0 Å². The van der Waals surface area contributed by atoms with E-state index in [2.05, 4.69) is 25.8 Å². The lowest BCUT2D eigenvalue weighted by molar-refractivity contribution is 0.0701. The van der Waals surface area contributed by atoms with Gasteiger partial charge in [0, 0.05) is 11.6 Å². The fourth-order valence-electron chi connectivity index (χ4n) is 4.81. The predicted molar refractivity (Wildman–Crippen MR) is 129 cm³/mol. The molecule has 1 aliphatic rings. The molecular weight excluding hydrogens is 436 g/mol. The molecule has 0 aliphatic heterocycles. The van der Waals surface area contributed by atoms with E-state index in [1.165, 1.54) is 6.20 Å². The molecule has 0 saturated heterocycles. The lowest BCUT2D eigenvalue weighted by Crippen LogP contribution is -2.46. The molecule has 2 atom stereocenters. The summed E-state index contributed by atoms with van der Waals surface area (Å²) in [5, 5.41) is 9.80. The Bertz CT molecular complexity index is 1120. The minimum absolute atomic E-state index is 0.0516. The van der Waals surface area contributed by atoms with Gasteiger partial charge >= 0.3 is 5.97 Å². The van der Waals surface area contributed by atoms with Crippen molar-refractivity contribution in [2.45, 2.75) is 46.1 Å². The first-order chi connectivity index (χ1) is 15.7. The predicted octanol–water partition coefficient (Wildman–Crippen LogP) is 6.50. The maximum absolute atomic E-state index is 13.7. The summed E-state index contributed by atoms with van der Waals surface area (Å²) < 4.78 is 5.85. The van der Waals surface area contributed by atoms with Gasteiger partial charge < -0.3 is 9.84 Å². The number of nitrogens with zero attached hydrogens (tertiary/aromatic N) is 2. The summed E-state index contributed by atoms with van der Waals surface area (Å²) in [6.07, 6.45) is 4.11. The molecule has 1 aliphatic carbocycles. The number of hydrogen-bond acceptors (Lipinski definition) is 5. The van der Waals surface area contributed by atoms with Crippen LogP contribution in [0.1, 0.15) is 60.1 Å². The highest BCUT2D eigenvalue weighted by molar-refractivity contribution is 7.17. The molecule has 1 amide bonds. The van der Waals surface area contributed by atoms with Gasteiger partial charge in [-0.2, -0.15) is 0 Å². The normalized spacial score (nSPS) is 19.6. The molecule has 1 aromatic heterocycles. The number of amides is 1. The minimum Gasteiger partial charge on any atom is -0.477 e. The van der Waals surface area contributed by atoms with Crippen molar-refractivity contribution in [1.82, 2.24) is 4.98 Å². The molecule has 7 heteroatoms. The van der Waals surface area contributed by atoms with E-state index < -0.39 is 5.97 Å². The third-order valence-electron chi connectivity index (χ3n) is 5.94. The number of anilines is 1. The number of para-hydroxylation sites is 1. The van der Waals surface area contributed by atoms with Crippen LogP contribution in [-0.2, 0) is 0 Å². The number of carboxylic acids is 1. The number of aromatic carboxylic acids is 1. The number of thiazole rings is 1. The minimum atomic E-state index is -1.04. The van der Waals surface area contributed by atoms with Gasteiger partial charge in [0.2, 0.25) is 0 Å². The monoisotopic (exact) mass is 464 g/mol. The average Bonchev–Trinajstić information content (AvgIpc) is 3.24. The number of benzene rings is 2. The van der Waals surface area contributed by atoms with Gasteiger partial charge in [-0.3, -0.25) is 9.69 Å². The number of carbonyl (C=O) groups is 2. The first-order valence-electron chi connectivity index (χ1n) is 11.1. The lowest BCUT2D eigenvalue weighted by Gasteiger charge is -2.43. The van der Waals surface area contributed by atoms with Gasteiger partial charge in [-0.15, -0.1) is 0 Å². The molecule has 2 aromatic carbocycles. The van der Waals surface area contributed by atoms with Crippen LogP contribution in [0.4, 0.5) is 5.13 Å². The summed E-state index contributed by atoms with van der Waals surface area (Å²) in [5.74, 6) is 0.600. The number of carbonyl (C=O) groups excluding carboxylic acids is 1. The van der Waals surface area contributed by atoms with Gasteiger partial charge in [0.1, 0.15) is 16.4 Å². The number of hydrogen-bond donors (Lipinski definition) is 1. The van der Waals surface area contributed by atoms with Gasteiger partial charge in [0.15, 0.2) is 5.13 Å². The molecule has 1 saturated carbocycles. The number of aromatic nitrogens is 1. The molecule has 33 heavy (non-hydrogen) atoms. The van der Waals surface area contributed by atoms with Crippen LogP contribution in [0.3, 0.4) is 0 Å². The van der Waals surface area contributed by atoms with Crippen molar-refractivity contribution in [3.63, 3.8) is 0 Å². The van der Waals surface area contributed by atoms with Gasteiger partial charge in [-0.1, -0.05) is 50.3 Å². The summed E-state index contributed by atoms with van der Waals surface area (Å²) >= 11 is 1.04. The van der Waals surface area contributed by atoms with Crippen molar-refractivity contribution in [3.05, 3.63) is 71.2 Å². The Morgan fingerprint density at radius 3 is 2.33 bits per heavy atom. The fourth-order valence-corrected chi connectivity index (χ4v) is 5.63. The van der Waals surface area contributed by atoms with Crippen LogP contribution < -0.4 is 9.64 Å². The van der Waals surface area contributed by atoms with Gasteiger partial charge in [-0.05, 0) is 67.0 Å². The maximum atomic E-state index is 13.7. The van der Waals surface area contributed by atoms with Crippen LogP contribution in [0.25, 0.3) is 0 Å². The molecule has 3 aromatic rings. The second kappa shape index (κ2) is 9.35. The van der Waals surface area contributed by atoms with Crippen LogP contribution in [0, 0.1) is 11.3 Å². The Morgan fingerprint density at radius 1 is 1.06 bits per heavy atom. The molecule has 1 heterocycles. The van der Waals surface area contributed by atoms with E-state index in [1.54, 1.807) is 29.2 Å². The Kier molecular flexibility index (Phi) is 6.51. The molecule has 1 fully saturated rings. The van der Waals surface area contributed by atoms with Crippen molar-refractivity contribution in [2.75, 3.05) is 4.90 Å². The highest BCUT2D eigenvalue weighted by atomic mass is 32.1. The zero-order valence-electron chi connectivity index (χ0n) is 19.0. The average molecular weight is 465 g/mol. The summed E-state index contributed by atoms with van der Waals surface area (Å²) in [4.78, 5) is 31.3. The first-order valence-corrected chi connectivity index (χ1v) is 11.9. The number of ether oxygens (including phenoxy) is 1. The van der Waals surface area contributed by atoms with Crippen LogP contribution in [0.5, 0.6) is 11.5 Å². The van der Waals surface area contributed by atoms with Crippen molar-refractivity contribution < 1.29 is 19.4 Å². The number of rotatable bonds is 6. The number of carboxylic acid groups (broad SMARTS) is 1. The molecule has 0 spiro atoms. The molecular formula is C26H28N2O4S. The van der Waals surface area contributed by atoms with Crippen LogP contribution in [0.2, 0.25) is 0 Å². The van der Waals surface area contributed by atoms with Crippen LogP contribution in [0.15, 0.2) is 60.8 Å². The largest absolute Gasteiger partial charge is 0.477 e. The highest BCUT2D eigenvalue weighted by Crippen LogP contribution is 2.42. The Labute approximate surface area is 197 Å². The van der Waals surface area contributed by atoms with Crippen LogP contribution in [-0.4, -0.2) is 28.0 Å². The maximum Gasteiger partial charge on any atom is 0.347 e. The standard InChI is InChI=1S/C26H28N2O4S/c1-17-13-19(15-26(2,3)14-17)28(25-27-16-22(33-25)24(30)31)23(29)18-9-11-21(12-10-18)32-20-7-5-4-6-8-20/h4-12,16-17,19H,13-15H2,1-3H3,(H,30,31)/t17-,19-/m1/s1. The van der Waals surface area contributed by atoms with E-state index in [9.17, 15) is 14.7 Å². The molecule has 0 unspecified atom stereocenters. The fraction of sp³-hybridized carbons (Fsp3) is 0.346. The molecule has 4 rings (SSSR count). The molecule has 1 N–H and O–H groups in total. The molecule has 0 radical (unpaired) electrons. The van der Waals surface area contributed by atoms with Gasteiger partial charge in [0.25, 0.3) is 5.91 Å². The van der Waals surface area contributed by atoms with E-state index >= 15 is 0 Å². The second-order valence-electron chi connectivity index (χ2n) is 9.49. The van der Waals surface area contributed by atoms with E-state index in [0.29, 0.717) is 22.4 Å². The van der Waals surface area contributed by atoms with E-state index in [4.69, 9.17) is 4.74 Å². The lowest BCUT2D eigenvalue weighted by atomic mass is 9.70. The topological polar surface area (TPSA) is 79.7 Å². The Morgan fingerprint density at radius 2 is 1.73 bits per heavy atom. The van der Waals surface area contributed by atoms with Crippen molar-refractivity contribution in [3.8, 4) is 11.5 Å². The second-order valence-corrected chi connectivity index (χ2v) is 10.5. The highest BCUT2D eigenvalue weighted by Gasteiger charge is 2.38. The zero-order chi connectivity index (χ0) is 23.6. The van der Waals surface area contributed by atoms with Crippen molar-refractivity contribution in [2.24, 2.45) is 11.3 Å². The third kappa shape index (κ3) is 5.42. The summed E-state index contributed by atoms with van der Waals surface area (Å²) in [7, 11) is 0. The van der Waals surface area contributed by atoms with Gasteiger partial charge in [-0.25, -0.2) is 9.78 Å².